The van der Waals surface area contributed by atoms with Gasteiger partial charge in [0.05, 0.1) is 0 Å². The number of rotatable bonds is 6. The van der Waals surface area contributed by atoms with Gasteiger partial charge >= 0.3 is 0 Å². The Morgan fingerprint density at radius 3 is 2.96 bits per heavy atom. The predicted molar refractivity (Wildman–Crippen MR) is 95.8 cm³/mol. The normalized spacial score (nSPS) is 17.8. The van der Waals surface area contributed by atoms with E-state index in [0.717, 1.165) is 43.3 Å². The number of hydrogen-bond donors (Lipinski definition) is 2. The van der Waals surface area contributed by atoms with Crippen molar-refractivity contribution in [2.24, 2.45) is 11.7 Å². The quantitative estimate of drug-likeness (QED) is 0.856. The zero-order valence-corrected chi connectivity index (χ0v) is 14.0. The Kier molecular flexibility index (Phi) is 5.11. The van der Waals surface area contributed by atoms with Gasteiger partial charge in [-0.15, -0.1) is 0 Å². The molecule has 24 heavy (non-hydrogen) atoms. The number of anilines is 1. The molecule has 2 aromatic rings. The van der Waals surface area contributed by atoms with E-state index in [1.165, 1.54) is 6.42 Å². The molecule has 0 spiro atoms. The van der Waals surface area contributed by atoms with Crippen molar-refractivity contribution in [1.82, 2.24) is 9.88 Å². The van der Waals surface area contributed by atoms with Crippen LogP contribution in [-0.4, -0.2) is 35.4 Å². The number of hydrogen-bond acceptors (Lipinski definition) is 4. The summed E-state index contributed by atoms with van der Waals surface area (Å²) in [6.07, 6.45) is 1.17. The smallest absolute Gasteiger partial charge is 0.248 e. The van der Waals surface area contributed by atoms with Gasteiger partial charge in [0.1, 0.15) is 5.82 Å². The fraction of sp³-hybridized carbons (Fsp3) is 0.368. The van der Waals surface area contributed by atoms with Crippen LogP contribution < -0.4 is 11.1 Å². The highest BCUT2D eigenvalue weighted by molar-refractivity contribution is 5.92. The number of carbonyl (C=O) groups excluding carboxylic acids is 1. The molecule has 1 aliphatic rings. The molecule has 0 aliphatic carbocycles. The van der Waals surface area contributed by atoms with Crippen LogP contribution in [0.25, 0.3) is 0 Å². The van der Waals surface area contributed by atoms with Crippen molar-refractivity contribution in [2.75, 3.05) is 25.0 Å². The first-order valence-electron chi connectivity index (χ1n) is 8.39. The van der Waals surface area contributed by atoms with E-state index in [0.29, 0.717) is 11.5 Å². The monoisotopic (exact) mass is 324 g/mol. The van der Waals surface area contributed by atoms with Crippen molar-refractivity contribution >= 4 is 11.7 Å². The first-order valence-corrected chi connectivity index (χ1v) is 8.39. The standard InChI is InChI=1S/C19H24N4O/c1-14-4-2-7-18(22-14)21-11-16-8-9-23(13-16)12-15-5-3-6-17(10-15)19(20)24/h2-7,10,16H,8-9,11-13H2,1H3,(H2,20,24)(H,21,22). The van der Waals surface area contributed by atoms with Gasteiger partial charge in [0, 0.05) is 30.9 Å². The molecule has 1 amide bonds. The maximum atomic E-state index is 11.3. The Morgan fingerprint density at radius 2 is 2.17 bits per heavy atom. The molecule has 1 aromatic heterocycles. The topological polar surface area (TPSA) is 71.2 Å². The number of likely N-dealkylation sites (tertiary alicyclic amines) is 1. The number of nitrogens with one attached hydrogen (secondary N) is 1. The Morgan fingerprint density at radius 1 is 1.33 bits per heavy atom. The largest absolute Gasteiger partial charge is 0.370 e. The van der Waals surface area contributed by atoms with Gasteiger partial charge in [-0.25, -0.2) is 4.98 Å². The number of nitrogens with zero attached hydrogens (tertiary/aromatic N) is 2. The zero-order chi connectivity index (χ0) is 16.9. The highest BCUT2D eigenvalue weighted by Gasteiger charge is 2.22. The van der Waals surface area contributed by atoms with Gasteiger partial charge in [0.2, 0.25) is 5.91 Å². The summed E-state index contributed by atoms with van der Waals surface area (Å²) in [6, 6.07) is 13.6. The van der Waals surface area contributed by atoms with Crippen LogP contribution in [-0.2, 0) is 6.54 Å². The molecular formula is C19H24N4O. The summed E-state index contributed by atoms with van der Waals surface area (Å²) in [5, 5.41) is 3.44. The Bertz CT molecular complexity index is 716. The van der Waals surface area contributed by atoms with Gasteiger partial charge in [-0.2, -0.15) is 0 Å². The van der Waals surface area contributed by atoms with Crippen molar-refractivity contribution in [3.8, 4) is 0 Å². The minimum atomic E-state index is -0.369. The number of benzene rings is 1. The highest BCUT2D eigenvalue weighted by atomic mass is 16.1. The van der Waals surface area contributed by atoms with Crippen molar-refractivity contribution in [3.05, 3.63) is 59.3 Å². The lowest BCUT2D eigenvalue weighted by Crippen LogP contribution is -2.23. The van der Waals surface area contributed by atoms with Crippen LogP contribution in [0.2, 0.25) is 0 Å². The van der Waals surface area contributed by atoms with Gasteiger partial charge in [-0.1, -0.05) is 18.2 Å². The molecule has 5 nitrogen and oxygen atoms in total. The van der Waals surface area contributed by atoms with E-state index >= 15 is 0 Å². The molecule has 1 unspecified atom stereocenters. The molecule has 1 atom stereocenters. The third-order valence-electron chi connectivity index (χ3n) is 4.45. The predicted octanol–water partition coefficient (Wildman–Crippen LogP) is 2.42. The summed E-state index contributed by atoms with van der Waals surface area (Å²) in [7, 11) is 0. The second-order valence-electron chi connectivity index (χ2n) is 6.50. The average Bonchev–Trinajstić information content (AvgIpc) is 3.01. The molecule has 1 fully saturated rings. The van der Waals surface area contributed by atoms with Crippen LogP contribution in [0.15, 0.2) is 42.5 Å². The molecule has 3 rings (SSSR count). The number of primary amides is 1. The third-order valence-corrected chi connectivity index (χ3v) is 4.45. The number of aryl methyl sites for hydroxylation is 1. The van der Waals surface area contributed by atoms with E-state index in [9.17, 15) is 4.79 Å². The molecule has 2 heterocycles. The second-order valence-corrected chi connectivity index (χ2v) is 6.50. The fourth-order valence-electron chi connectivity index (χ4n) is 3.19. The van der Waals surface area contributed by atoms with Gasteiger partial charge < -0.3 is 11.1 Å². The van der Waals surface area contributed by atoms with Crippen LogP contribution in [0.1, 0.15) is 28.0 Å². The lowest BCUT2D eigenvalue weighted by Gasteiger charge is -2.17. The van der Waals surface area contributed by atoms with Crippen LogP contribution in [0.5, 0.6) is 0 Å². The molecule has 1 aromatic carbocycles. The van der Waals surface area contributed by atoms with Crippen molar-refractivity contribution in [2.45, 2.75) is 19.9 Å². The van der Waals surface area contributed by atoms with Crippen molar-refractivity contribution in [3.63, 3.8) is 0 Å². The van der Waals surface area contributed by atoms with Crippen LogP contribution >= 0.6 is 0 Å². The maximum Gasteiger partial charge on any atom is 0.248 e. The van der Waals surface area contributed by atoms with Crippen molar-refractivity contribution in [1.29, 1.82) is 0 Å². The molecule has 0 bridgehead atoms. The van der Waals surface area contributed by atoms with E-state index in [2.05, 4.69) is 21.3 Å². The van der Waals surface area contributed by atoms with Gasteiger partial charge in [-0.3, -0.25) is 9.69 Å². The maximum absolute atomic E-state index is 11.3. The third kappa shape index (κ3) is 4.32. The van der Waals surface area contributed by atoms with Gasteiger partial charge in [0.15, 0.2) is 0 Å². The Hall–Kier alpha value is -2.40. The molecule has 3 N–H and O–H groups in total. The number of amides is 1. The Balaban J connectivity index is 1.50. The lowest BCUT2D eigenvalue weighted by molar-refractivity contribution is 0.1000. The summed E-state index contributed by atoms with van der Waals surface area (Å²) in [6.45, 7) is 5.94. The van der Waals surface area contributed by atoms with E-state index in [-0.39, 0.29) is 5.91 Å². The van der Waals surface area contributed by atoms with E-state index in [1.54, 1.807) is 6.07 Å². The zero-order valence-electron chi connectivity index (χ0n) is 14.0. The van der Waals surface area contributed by atoms with Crippen LogP contribution in [0, 0.1) is 12.8 Å². The first kappa shape index (κ1) is 16.5. The number of pyridine rings is 1. The first-order chi connectivity index (χ1) is 11.6. The summed E-state index contributed by atoms with van der Waals surface area (Å²) < 4.78 is 0. The molecule has 0 radical (unpaired) electrons. The Labute approximate surface area is 142 Å². The minimum absolute atomic E-state index is 0.369. The molecule has 5 heteroatoms. The van der Waals surface area contributed by atoms with Gasteiger partial charge in [-0.05, 0) is 55.6 Å². The van der Waals surface area contributed by atoms with Crippen LogP contribution in [0.4, 0.5) is 5.82 Å². The number of carbonyl (C=O) groups is 1. The van der Waals surface area contributed by atoms with E-state index < -0.39 is 0 Å². The summed E-state index contributed by atoms with van der Waals surface area (Å²) in [4.78, 5) is 18.2. The van der Waals surface area contributed by atoms with Crippen LogP contribution in [0.3, 0.4) is 0 Å². The molecule has 0 saturated carbocycles. The molecule has 1 aliphatic heterocycles. The average molecular weight is 324 g/mol. The lowest BCUT2D eigenvalue weighted by atomic mass is 10.1. The highest BCUT2D eigenvalue weighted by Crippen LogP contribution is 2.19. The van der Waals surface area contributed by atoms with E-state index in [4.69, 9.17) is 5.73 Å². The molecule has 126 valence electrons. The second kappa shape index (κ2) is 7.45. The summed E-state index contributed by atoms with van der Waals surface area (Å²) in [5.41, 5.74) is 8.10. The molecule has 1 saturated heterocycles. The SMILES string of the molecule is Cc1cccc(NCC2CCN(Cc3cccc(C(N)=O)c3)C2)n1. The molecular weight excluding hydrogens is 300 g/mol. The van der Waals surface area contributed by atoms with E-state index in [1.807, 2.05) is 37.3 Å². The fourth-order valence-corrected chi connectivity index (χ4v) is 3.19. The summed E-state index contributed by atoms with van der Waals surface area (Å²) >= 11 is 0. The minimum Gasteiger partial charge on any atom is -0.370 e. The summed E-state index contributed by atoms with van der Waals surface area (Å²) in [5.74, 6) is 1.19. The van der Waals surface area contributed by atoms with Gasteiger partial charge in [0.25, 0.3) is 0 Å². The van der Waals surface area contributed by atoms with Crippen molar-refractivity contribution < 1.29 is 4.79 Å². The number of nitrogens with two attached hydrogens (primary N) is 1. The number of aromatic nitrogens is 1.